The average molecular weight is 687 g/mol. The Morgan fingerprint density at radius 1 is 0.875 bits per heavy atom. The van der Waals surface area contributed by atoms with Crippen LogP contribution in [0.25, 0.3) is 0 Å². The largest absolute Gasteiger partial charge is 0.619 e. The van der Waals surface area contributed by atoms with Gasteiger partial charge < -0.3 is 36.9 Å². The van der Waals surface area contributed by atoms with Gasteiger partial charge in [0.1, 0.15) is 24.2 Å². The molecule has 0 saturated carbocycles. The molecule has 0 aliphatic rings. The zero-order valence-corrected chi connectivity index (χ0v) is 28.6. The van der Waals surface area contributed by atoms with Crippen molar-refractivity contribution in [2.24, 2.45) is 17.8 Å². The lowest BCUT2D eigenvalue weighted by Gasteiger charge is -2.33. The number of halogens is 2. The molecule has 0 aliphatic heterocycles. The smallest absolute Gasteiger partial charge is 0.351 e. The van der Waals surface area contributed by atoms with Gasteiger partial charge in [-0.3, -0.25) is 24.0 Å². The molecule has 0 aromatic carbocycles. The first-order valence-corrected chi connectivity index (χ1v) is 16.2. The Kier molecular flexibility index (Phi) is 18.8. The van der Waals surface area contributed by atoms with Crippen molar-refractivity contribution in [2.45, 2.75) is 125 Å². The van der Waals surface area contributed by atoms with Gasteiger partial charge in [-0.2, -0.15) is 13.5 Å². The van der Waals surface area contributed by atoms with Crippen LogP contribution in [0.4, 0.5) is 8.78 Å². The molecule has 0 bridgehead atoms. The lowest BCUT2D eigenvalue weighted by Crippen LogP contribution is -2.62. The van der Waals surface area contributed by atoms with Crippen LogP contribution in [-0.4, -0.2) is 77.4 Å². The topological polar surface area (TPSA) is 193 Å². The van der Waals surface area contributed by atoms with Crippen LogP contribution < -0.4 is 31.3 Å². The van der Waals surface area contributed by atoms with Gasteiger partial charge in [0.2, 0.25) is 17.7 Å². The quantitative estimate of drug-likeness (QED) is 0.0949. The lowest BCUT2D eigenvalue weighted by molar-refractivity contribution is -0.605. The maximum atomic E-state index is 15.4. The number of rotatable bonds is 19. The van der Waals surface area contributed by atoms with Crippen molar-refractivity contribution in [3.05, 3.63) is 35.3 Å². The predicted molar refractivity (Wildman–Crippen MR) is 177 cm³/mol. The van der Waals surface area contributed by atoms with Gasteiger partial charge in [0, 0.05) is 18.7 Å². The van der Waals surface area contributed by atoms with E-state index in [0.717, 1.165) is 12.4 Å². The van der Waals surface area contributed by atoms with Crippen molar-refractivity contribution in [2.75, 3.05) is 6.54 Å². The fourth-order valence-corrected chi connectivity index (χ4v) is 4.81. The second-order valence-corrected chi connectivity index (χ2v) is 12.5. The highest BCUT2D eigenvalue weighted by atomic mass is 19.3. The number of nitrogens with one attached hydrogen (secondary N) is 5. The van der Waals surface area contributed by atoms with Crippen LogP contribution in [0.1, 0.15) is 98.9 Å². The van der Waals surface area contributed by atoms with Crippen LogP contribution in [-0.2, 0) is 19.2 Å². The van der Waals surface area contributed by atoms with Crippen LogP contribution in [0.3, 0.4) is 0 Å². The Balaban J connectivity index is 0.0000221. The summed E-state index contributed by atoms with van der Waals surface area (Å²) in [7, 11) is 0. The molecule has 1 heterocycles. The first-order chi connectivity index (χ1) is 21.9. The highest BCUT2D eigenvalue weighted by molar-refractivity contribution is 5.98. The zero-order chi connectivity index (χ0) is 36.1. The van der Waals surface area contributed by atoms with E-state index < -0.39 is 71.6 Å². The minimum Gasteiger partial charge on any atom is -0.619 e. The Morgan fingerprint density at radius 2 is 1.46 bits per heavy atom. The van der Waals surface area contributed by atoms with Crippen molar-refractivity contribution in [1.82, 2.24) is 26.6 Å². The van der Waals surface area contributed by atoms with Gasteiger partial charge in [0.05, 0.1) is 11.6 Å². The van der Waals surface area contributed by atoms with Crippen molar-refractivity contribution in [3.63, 3.8) is 0 Å². The van der Waals surface area contributed by atoms with Crippen LogP contribution in [0.15, 0.2) is 24.5 Å². The summed E-state index contributed by atoms with van der Waals surface area (Å²) in [6, 6.07) is -2.61. The highest BCUT2D eigenvalue weighted by Gasteiger charge is 2.51. The van der Waals surface area contributed by atoms with E-state index in [1.165, 1.54) is 12.1 Å². The number of amides is 5. The normalized spacial score (nSPS) is 15.2. The second-order valence-electron chi connectivity index (χ2n) is 12.5. The van der Waals surface area contributed by atoms with Crippen LogP contribution in [0, 0.1) is 23.0 Å². The Morgan fingerprint density at radius 3 is 1.94 bits per heavy atom. The van der Waals surface area contributed by atoms with Gasteiger partial charge in [-0.1, -0.05) is 68.7 Å². The number of hydrogen-bond donors (Lipinski definition) is 6. The van der Waals surface area contributed by atoms with E-state index in [2.05, 4.69) is 21.3 Å². The third kappa shape index (κ3) is 13.0. The predicted octanol–water partition coefficient (Wildman–Crippen LogP) is 2.19. The number of carbonyl (C=O) groups is 5. The summed E-state index contributed by atoms with van der Waals surface area (Å²) in [6.45, 7) is 13.6. The van der Waals surface area contributed by atoms with Gasteiger partial charge >= 0.3 is 5.92 Å². The van der Waals surface area contributed by atoms with Crippen LogP contribution in [0.5, 0.6) is 0 Å². The number of likely N-dealkylation sites (N-methyl/N-ethyl adjacent to an activating group) is 1. The van der Waals surface area contributed by atoms with E-state index >= 15 is 8.78 Å². The number of hydrogen-bond acceptors (Lipinski definition) is 7. The summed E-state index contributed by atoms with van der Waals surface area (Å²) in [5, 5.41) is 34.3. The third-order valence-corrected chi connectivity index (χ3v) is 7.75. The number of alkyl halides is 2. The molecule has 6 N–H and O–H groups in total. The van der Waals surface area contributed by atoms with E-state index in [1.807, 2.05) is 12.2 Å². The lowest BCUT2D eigenvalue weighted by atomic mass is 9.93. The fourth-order valence-electron chi connectivity index (χ4n) is 4.81. The fraction of sp³-hybridized carbons (Fsp3) is 0.697. The molecular formula is C33H56F2N6O7. The van der Waals surface area contributed by atoms with Crippen molar-refractivity contribution in [1.29, 1.82) is 0 Å². The molecule has 0 aliphatic carbocycles. The molecule has 1 rings (SSSR count). The molecule has 15 heteroatoms. The summed E-state index contributed by atoms with van der Waals surface area (Å²) in [5.41, 5.74) is 0.141. The number of nitrogens with zero attached hydrogens (tertiary/aromatic N) is 1. The van der Waals surface area contributed by atoms with Gasteiger partial charge in [0.25, 0.3) is 11.8 Å². The number of pyridine rings is 1. The summed E-state index contributed by atoms with van der Waals surface area (Å²) in [6.07, 6.45) is 0.453. The minimum atomic E-state index is -4.40. The highest BCUT2D eigenvalue weighted by Crippen LogP contribution is 2.26. The monoisotopic (exact) mass is 686 g/mol. The SMILES string of the molecule is C.CCC[C@H](NC(=O)[C@@H](NC(=O)c1cc[n+]([O-])cc1)[C@@H](C)CC)C(=O)N[C@@H](CC(C)C)[C@@H](O)C(F)(F)C(=O)N[C@H](C(=O)NCC)C(C)C. The molecule has 0 spiro atoms. The van der Waals surface area contributed by atoms with E-state index in [4.69, 9.17) is 0 Å². The number of aromatic nitrogens is 1. The molecule has 5 amide bonds. The maximum absolute atomic E-state index is 15.4. The van der Waals surface area contributed by atoms with E-state index in [9.17, 15) is 34.3 Å². The first-order valence-electron chi connectivity index (χ1n) is 16.2. The summed E-state index contributed by atoms with van der Waals surface area (Å²) < 4.78 is 31.4. The van der Waals surface area contributed by atoms with Gasteiger partial charge in [-0.05, 0) is 37.5 Å². The molecule has 0 fully saturated rings. The van der Waals surface area contributed by atoms with E-state index in [1.54, 1.807) is 48.5 Å². The maximum Gasteiger partial charge on any atom is 0.351 e. The Bertz CT molecular complexity index is 1200. The standard InChI is InChI=1S/C32H52F2N6O7.CH4/c1-9-12-22(36-30(45)25(20(8)10-2)38-27(42)21-13-15-40(47)16-14-21)28(43)37-23(17-18(4)5)26(41)32(33,34)31(46)39-24(19(6)7)29(44)35-11-3;/h13-16,18-20,22-26,41H,9-12,17H2,1-8H3,(H,35,44)(H,36,45)(H,37,43)(H,38,42)(H,39,46);1H4/t20-,22-,23-,24-,25-,26+;/m0./s1. The number of aliphatic hydroxyl groups is 1. The summed E-state index contributed by atoms with van der Waals surface area (Å²) >= 11 is 0. The van der Waals surface area contributed by atoms with E-state index in [0.29, 0.717) is 17.6 Å². The number of carbonyl (C=O) groups excluding carboxylic acids is 5. The summed E-state index contributed by atoms with van der Waals surface area (Å²) in [4.78, 5) is 64.9. The molecule has 0 radical (unpaired) electrons. The van der Waals surface area contributed by atoms with Crippen molar-refractivity contribution >= 4 is 29.5 Å². The molecule has 0 saturated heterocycles. The van der Waals surface area contributed by atoms with Crippen LogP contribution in [0.2, 0.25) is 0 Å². The van der Waals surface area contributed by atoms with Gasteiger partial charge in [-0.15, -0.1) is 0 Å². The van der Waals surface area contributed by atoms with E-state index in [-0.39, 0.29) is 44.2 Å². The number of aliphatic hydroxyl groups excluding tert-OH is 1. The minimum absolute atomic E-state index is 0. The van der Waals surface area contributed by atoms with Gasteiger partial charge in [0.15, 0.2) is 12.4 Å². The average Bonchev–Trinajstić information content (AvgIpc) is 3.00. The Labute approximate surface area is 283 Å². The van der Waals surface area contributed by atoms with Crippen LogP contribution >= 0.6 is 0 Å². The summed E-state index contributed by atoms with van der Waals surface area (Å²) in [5.74, 6) is -10.3. The molecular weight excluding hydrogens is 630 g/mol. The van der Waals surface area contributed by atoms with Crippen molar-refractivity contribution < 1.29 is 42.6 Å². The molecule has 0 unspecified atom stereocenters. The van der Waals surface area contributed by atoms with Gasteiger partial charge in [-0.25, -0.2) is 0 Å². The van der Waals surface area contributed by atoms with Crippen molar-refractivity contribution in [3.8, 4) is 0 Å². The third-order valence-electron chi connectivity index (χ3n) is 7.75. The molecule has 274 valence electrons. The second kappa shape index (κ2) is 20.5. The molecule has 1 aromatic rings. The first kappa shape index (κ1) is 44.1. The zero-order valence-electron chi connectivity index (χ0n) is 28.6. The molecule has 6 atom stereocenters. The molecule has 48 heavy (non-hydrogen) atoms. The Hall–Kier alpha value is -3.88. The molecule has 13 nitrogen and oxygen atoms in total. The molecule has 1 aromatic heterocycles.